The summed E-state index contributed by atoms with van der Waals surface area (Å²) in [4.78, 5) is 11.8. The van der Waals surface area contributed by atoms with Crippen molar-refractivity contribution in [3.8, 4) is 11.5 Å². The van der Waals surface area contributed by atoms with Crippen molar-refractivity contribution in [2.75, 3.05) is 6.61 Å². The largest absolute Gasteiger partial charge is 0.493 e. The Hall–Kier alpha value is -1.97. The number of benzene rings is 1. The lowest BCUT2D eigenvalue weighted by Crippen LogP contribution is -2.22. The molecule has 1 heterocycles. The molecule has 0 saturated heterocycles. The van der Waals surface area contributed by atoms with Crippen LogP contribution in [0.3, 0.4) is 0 Å². The Labute approximate surface area is 125 Å². The van der Waals surface area contributed by atoms with Gasteiger partial charge in [-0.2, -0.15) is 0 Å². The van der Waals surface area contributed by atoms with Crippen LogP contribution in [-0.4, -0.2) is 24.7 Å². The van der Waals surface area contributed by atoms with Gasteiger partial charge >= 0.3 is 0 Å². The van der Waals surface area contributed by atoms with Crippen LogP contribution in [0.15, 0.2) is 18.2 Å². The number of nitrogens with one attached hydrogen (secondary N) is 1. The molecule has 1 fully saturated rings. The monoisotopic (exact) mass is 287 g/mol. The first-order valence-corrected chi connectivity index (χ1v) is 7.60. The minimum Gasteiger partial charge on any atom is -0.493 e. The van der Waals surface area contributed by atoms with Crippen molar-refractivity contribution in [1.29, 1.82) is 0 Å². The van der Waals surface area contributed by atoms with Crippen LogP contribution in [0.5, 0.6) is 11.5 Å². The number of hydrogen-bond acceptors (Lipinski definition) is 3. The van der Waals surface area contributed by atoms with Crippen LogP contribution in [0.1, 0.15) is 37.8 Å². The van der Waals surface area contributed by atoms with Gasteiger partial charge in [-0.15, -0.1) is 0 Å². The molecule has 1 aliphatic carbocycles. The summed E-state index contributed by atoms with van der Waals surface area (Å²) in [6, 6.07) is 4.36. The van der Waals surface area contributed by atoms with E-state index >= 15 is 0 Å². The molecule has 0 spiro atoms. The lowest BCUT2D eigenvalue weighted by molar-refractivity contribution is -0.116. The maximum atomic E-state index is 11.8. The van der Waals surface area contributed by atoms with E-state index in [-0.39, 0.29) is 12.0 Å². The number of rotatable bonds is 5. The highest BCUT2D eigenvalue weighted by Gasteiger charge is 2.23. The summed E-state index contributed by atoms with van der Waals surface area (Å²) in [5.74, 6) is 1.66. The van der Waals surface area contributed by atoms with E-state index in [0.29, 0.717) is 12.6 Å². The molecule has 1 atom stereocenters. The first-order valence-electron chi connectivity index (χ1n) is 7.60. The SMILES string of the molecule is CCOc1cc2c(cc1/C=C/C(=O)NC1CC1)O[C@H](C)C2. The Balaban J connectivity index is 1.80. The van der Waals surface area contributed by atoms with Gasteiger partial charge in [0.2, 0.25) is 5.91 Å². The standard InChI is InChI=1S/C17H21NO3/c1-3-20-15-10-13-8-11(2)21-16(13)9-12(15)4-7-17(19)18-14-5-6-14/h4,7,9-11,14H,3,5-6,8H2,1-2H3,(H,18,19)/b7-4+/t11-/m1/s1. The zero-order valence-corrected chi connectivity index (χ0v) is 12.5. The molecular weight excluding hydrogens is 266 g/mol. The third-order valence-corrected chi connectivity index (χ3v) is 3.67. The molecule has 1 saturated carbocycles. The molecule has 112 valence electrons. The Morgan fingerprint density at radius 3 is 3.00 bits per heavy atom. The minimum absolute atomic E-state index is 0.0465. The van der Waals surface area contributed by atoms with E-state index < -0.39 is 0 Å². The van der Waals surface area contributed by atoms with Gasteiger partial charge in [0.05, 0.1) is 6.61 Å². The van der Waals surface area contributed by atoms with Crippen molar-refractivity contribution >= 4 is 12.0 Å². The van der Waals surface area contributed by atoms with E-state index in [9.17, 15) is 4.79 Å². The highest BCUT2D eigenvalue weighted by atomic mass is 16.5. The van der Waals surface area contributed by atoms with E-state index in [4.69, 9.17) is 9.47 Å². The van der Waals surface area contributed by atoms with Crippen molar-refractivity contribution in [3.63, 3.8) is 0 Å². The van der Waals surface area contributed by atoms with E-state index in [1.165, 1.54) is 5.56 Å². The van der Waals surface area contributed by atoms with E-state index in [1.807, 2.05) is 19.1 Å². The van der Waals surface area contributed by atoms with Crippen LogP contribution in [0.4, 0.5) is 0 Å². The molecule has 0 unspecified atom stereocenters. The topological polar surface area (TPSA) is 47.6 Å². The number of carbonyl (C=O) groups is 1. The molecule has 1 aromatic carbocycles. The molecule has 1 N–H and O–H groups in total. The molecule has 1 amide bonds. The van der Waals surface area contributed by atoms with E-state index in [1.54, 1.807) is 12.2 Å². The quantitative estimate of drug-likeness (QED) is 0.847. The second-order valence-corrected chi connectivity index (χ2v) is 5.68. The lowest BCUT2D eigenvalue weighted by Gasteiger charge is -2.10. The van der Waals surface area contributed by atoms with Gasteiger partial charge in [0, 0.05) is 29.7 Å². The number of ether oxygens (including phenoxy) is 2. The lowest BCUT2D eigenvalue weighted by atomic mass is 10.1. The number of fused-ring (bicyclic) bond motifs is 1. The zero-order chi connectivity index (χ0) is 14.8. The van der Waals surface area contributed by atoms with Crippen molar-refractivity contribution in [2.45, 2.75) is 45.3 Å². The Morgan fingerprint density at radius 2 is 2.29 bits per heavy atom. The maximum Gasteiger partial charge on any atom is 0.244 e. The number of carbonyl (C=O) groups excluding carboxylic acids is 1. The Kier molecular flexibility index (Phi) is 3.86. The van der Waals surface area contributed by atoms with Crippen LogP contribution in [0.2, 0.25) is 0 Å². The first-order chi connectivity index (χ1) is 10.2. The third kappa shape index (κ3) is 3.38. The zero-order valence-electron chi connectivity index (χ0n) is 12.5. The molecule has 0 bridgehead atoms. The normalized spacial score (nSPS) is 20.2. The second kappa shape index (κ2) is 5.80. The van der Waals surface area contributed by atoms with Gasteiger partial charge in [0.15, 0.2) is 0 Å². The molecule has 21 heavy (non-hydrogen) atoms. The van der Waals surface area contributed by atoms with Crippen molar-refractivity contribution in [3.05, 3.63) is 29.3 Å². The molecule has 0 aromatic heterocycles. The predicted molar refractivity (Wildman–Crippen MR) is 81.6 cm³/mol. The summed E-state index contributed by atoms with van der Waals surface area (Å²) in [6.45, 7) is 4.61. The Bertz CT molecular complexity index is 576. The fourth-order valence-electron chi connectivity index (χ4n) is 2.51. The molecular formula is C17H21NO3. The highest BCUT2D eigenvalue weighted by Crippen LogP contribution is 2.35. The Morgan fingerprint density at radius 1 is 1.48 bits per heavy atom. The van der Waals surface area contributed by atoms with Crippen LogP contribution in [0.25, 0.3) is 6.08 Å². The summed E-state index contributed by atoms with van der Waals surface area (Å²) in [5, 5.41) is 2.94. The van der Waals surface area contributed by atoms with Gasteiger partial charge in [-0.1, -0.05) is 0 Å². The predicted octanol–water partition coefficient (Wildman–Crippen LogP) is 2.70. The second-order valence-electron chi connectivity index (χ2n) is 5.68. The number of hydrogen-bond donors (Lipinski definition) is 1. The average Bonchev–Trinajstić information content (AvgIpc) is 3.16. The summed E-state index contributed by atoms with van der Waals surface area (Å²) >= 11 is 0. The van der Waals surface area contributed by atoms with E-state index in [2.05, 4.69) is 12.2 Å². The van der Waals surface area contributed by atoms with Gasteiger partial charge in [-0.05, 0) is 44.9 Å². The summed E-state index contributed by atoms with van der Waals surface area (Å²) < 4.78 is 11.5. The smallest absolute Gasteiger partial charge is 0.244 e. The van der Waals surface area contributed by atoms with Gasteiger partial charge < -0.3 is 14.8 Å². The van der Waals surface area contributed by atoms with Crippen molar-refractivity contribution < 1.29 is 14.3 Å². The highest BCUT2D eigenvalue weighted by molar-refractivity contribution is 5.92. The van der Waals surface area contributed by atoms with E-state index in [0.717, 1.165) is 36.3 Å². The first kappa shape index (κ1) is 14.0. The minimum atomic E-state index is -0.0465. The van der Waals surface area contributed by atoms with Crippen LogP contribution < -0.4 is 14.8 Å². The maximum absolute atomic E-state index is 11.8. The van der Waals surface area contributed by atoms with Crippen molar-refractivity contribution in [1.82, 2.24) is 5.32 Å². The molecule has 2 aliphatic rings. The number of amides is 1. The molecule has 1 aliphatic heterocycles. The summed E-state index contributed by atoms with van der Waals surface area (Å²) in [5.41, 5.74) is 2.06. The fourth-order valence-corrected chi connectivity index (χ4v) is 2.51. The third-order valence-electron chi connectivity index (χ3n) is 3.67. The van der Waals surface area contributed by atoms with Crippen LogP contribution in [-0.2, 0) is 11.2 Å². The molecule has 1 aromatic rings. The average molecular weight is 287 g/mol. The van der Waals surface area contributed by atoms with Crippen LogP contribution >= 0.6 is 0 Å². The fraction of sp³-hybridized carbons (Fsp3) is 0.471. The summed E-state index contributed by atoms with van der Waals surface area (Å²) in [7, 11) is 0. The van der Waals surface area contributed by atoms with Gasteiger partial charge in [-0.3, -0.25) is 4.79 Å². The van der Waals surface area contributed by atoms with Gasteiger partial charge in [-0.25, -0.2) is 0 Å². The van der Waals surface area contributed by atoms with Crippen molar-refractivity contribution in [2.24, 2.45) is 0 Å². The van der Waals surface area contributed by atoms with Gasteiger partial charge in [0.1, 0.15) is 17.6 Å². The molecule has 4 heteroatoms. The summed E-state index contributed by atoms with van der Waals surface area (Å²) in [6.07, 6.45) is 6.66. The van der Waals surface area contributed by atoms with Gasteiger partial charge in [0.25, 0.3) is 0 Å². The molecule has 0 radical (unpaired) electrons. The molecule has 4 nitrogen and oxygen atoms in total. The molecule has 3 rings (SSSR count). The van der Waals surface area contributed by atoms with Crippen LogP contribution in [0, 0.1) is 0 Å².